The first-order valence-corrected chi connectivity index (χ1v) is 7.14. The number of nitrogens with zero attached hydrogens (tertiary/aromatic N) is 2. The molecule has 0 aliphatic rings. The summed E-state index contributed by atoms with van der Waals surface area (Å²) in [5, 5.41) is 10.6. The van der Waals surface area contributed by atoms with Gasteiger partial charge in [-0.3, -0.25) is 9.48 Å². The molecule has 0 bridgehead atoms. The zero-order chi connectivity index (χ0) is 15.4. The summed E-state index contributed by atoms with van der Waals surface area (Å²) >= 11 is 0. The number of aryl methyl sites for hydroxylation is 2. The monoisotopic (exact) mass is 286 g/mol. The third kappa shape index (κ3) is 3.42. The molecule has 0 saturated heterocycles. The van der Waals surface area contributed by atoms with E-state index in [1.54, 1.807) is 0 Å². The molecular formula is C16H22N4O. The van der Waals surface area contributed by atoms with Crippen molar-refractivity contribution in [3.63, 3.8) is 0 Å². The maximum absolute atomic E-state index is 11.7. The third-order valence-corrected chi connectivity index (χ3v) is 3.61. The van der Waals surface area contributed by atoms with E-state index in [0.717, 1.165) is 17.9 Å². The molecule has 5 heteroatoms. The summed E-state index contributed by atoms with van der Waals surface area (Å²) in [7, 11) is 1.95. The number of anilines is 1. The van der Waals surface area contributed by atoms with E-state index in [9.17, 15) is 4.79 Å². The average Bonchev–Trinajstić information content (AvgIpc) is 2.71. The number of nitrogens with one attached hydrogen (secondary N) is 2. The molecule has 5 nitrogen and oxygen atoms in total. The van der Waals surface area contributed by atoms with Crippen LogP contribution >= 0.6 is 0 Å². The van der Waals surface area contributed by atoms with Crippen molar-refractivity contribution in [2.24, 2.45) is 7.05 Å². The van der Waals surface area contributed by atoms with E-state index in [4.69, 9.17) is 0 Å². The van der Waals surface area contributed by atoms with Crippen LogP contribution in [-0.2, 0) is 13.6 Å². The molecule has 112 valence electrons. The number of carbonyl (C=O) groups excluding carboxylic acids is 1. The lowest BCUT2D eigenvalue weighted by Crippen LogP contribution is -2.22. The molecule has 0 unspecified atom stereocenters. The zero-order valence-corrected chi connectivity index (χ0v) is 13.0. The van der Waals surface area contributed by atoms with Crippen molar-refractivity contribution in [3.8, 4) is 0 Å². The standard InChI is InChI=1S/C16H22N4O/c1-5-17-16(21)13-6-8-14(9-7-13)18-10-15-11(2)19-20(4)12(15)3/h6-9,18H,5,10H2,1-4H3,(H,17,21). The smallest absolute Gasteiger partial charge is 0.251 e. The topological polar surface area (TPSA) is 59.0 Å². The van der Waals surface area contributed by atoms with Crippen LogP contribution < -0.4 is 10.6 Å². The fraction of sp³-hybridized carbons (Fsp3) is 0.375. The fourth-order valence-corrected chi connectivity index (χ4v) is 2.27. The molecule has 1 aromatic carbocycles. The van der Waals surface area contributed by atoms with Crippen molar-refractivity contribution in [1.82, 2.24) is 15.1 Å². The van der Waals surface area contributed by atoms with Gasteiger partial charge in [0.2, 0.25) is 0 Å². The van der Waals surface area contributed by atoms with E-state index in [-0.39, 0.29) is 5.91 Å². The highest BCUT2D eigenvalue weighted by Gasteiger charge is 2.09. The molecule has 0 fully saturated rings. The normalized spacial score (nSPS) is 10.5. The summed E-state index contributed by atoms with van der Waals surface area (Å²) in [6.45, 7) is 7.36. The molecule has 0 radical (unpaired) electrons. The Morgan fingerprint density at radius 1 is 1.24 bits per heavy atom. The molecule has 2 aromatic rings. The van der Waals surface area contributed by atoms with E-state index < -0.39 is 0 Å². The summed E-state index contributed by atoms with van der Waals surface area (Å²) in [5.74, 6) is -0.0389. The average molecular weight is 286 g/mol. The Kier molecular flexibility index (Phi) is 4.62. The largest absolute Gasteiger partial charge is 0.381 e. The number of benzene rings is 1. The molecule has 0 atom stereocenters. The van der Waals surface area contributed by atoms with Gasteiger partial charge in [-0.25, -0.2) is 0 Å². The van der Waals surface area contributed by atoms with Crippen LogP contribution in [0.25, 0.3) is 0 Å². The first-order chi connectivity index (χ1) is 10.0. The lowest BCUT2D eigenvalue weighted by atomic mass is 10.1. The molecule has 0 aliphatic carbocycles. The van der Waals surface area contributed by atoms with Gasteiger partial charge in [-0.2, -0.15) is 5.10 Å². The zero-order valence-electron chi connectivity index (χ0n) is 13.0. The van der Waals surface area contributed by atoms with Gasteiger partial charge in [-0.05, 0) is 45.0 Å². The van der Waals surface area contributed by atoms with Crippen LogP contribution in [0.4, 0.5) is 5.69 Å². The highest BCUT2D eigenvalue weighted by molar-refractivity contribution is 5.94. The van der Waals surface area contributed by atoms with Gasteiger partial charge in [-0.15, -0.1) is 0 Å². The molecule has 0 aliphatic heterocycles. The van der Waals surface area contributed by atoms with Crippen LogP contribution in [0.15, 0.2) is 24.3 Å². The van der Waals surface area contributed by atoms with E-state index in [2.05, 4.69) is 22.7 Å². The summed E-state index contributed by atoms with van der Waals surface area (Å²) in [6.07, 6.45) is 0. The minimum atomic E-state index is -0.0389. The summed E-state index contributed by atoms with van der Waals surface area (Å²) in [5.41, 5.74) is 5.09. The number of hydrogen-bond acceptors (Lipinski definition) is 3. The second-order valence-corrected chi connectivity index (χ2v) is 5.06. The van der Waals surface area contributed by atoms with E-state index >= 15 is 0 Å². The van der Waals surface area contributed by atoms with Crippen molar-refractivity contribution in [1.29, 1.82) is 0 Å². The Morgan fingerprint density at radius 2 is 1.90 bits per heavy atom. The fourth-order valence-electron chi connectivity index (χ4n) is 2.27. The van der Waals surface area contributed by atoms with Crippen LogP contribution in [0.5, 0.6) is 0 Å². The maximum atomic E-state index is 11.7. The molecule has 2 rings (SSSR count). The minimum absolute atomic E-state index is 0.0389. The van der Waals surface area contributed by atoms with Gasteiger partial charge in [0.05, 0.1) is 5.69 Å². The van der Waals surface area contributed by atoms with Gasteiger partial charge in [0.15, 0.2) is 0 Å². The van der Waals surface area contributed by atoms with Crippen molar-refractivity contribution < 1.29 is 4.79 Å². The lowest BCUT2D eigenvalue weighted by Gasteiger charge is -2.08. The van der Waals surface area contributed by atoms with Gasteiger partial charge in [0, 0.05) is 42.6 Å². The van der Waals surface area contributed by atoms with E-state index in [1.807, 2.05) is 49.8 Å². The van der Waals surface area contributed by atoms with Crippen molar-refractivity contribution in [3.05, 3.63) is 46.8 Å². The first kappa shape index (κ1) is 15.1. The van der Waals surface area contributed by atoms with Crippen LogP contribution in [0, 0.1) is 13.8 Å². The van der Waals surface area contributed by atoms with Gasteiger partial charge >= 0.3 is 0 Å². The SMILES string of the molecule is CCNC(=O)c1ccc(NCc2c(C)nn(C)c2C)cc1. The van der Waals surface area contributed by atoms with E-state index in [1.165, 1.54) is 11.3 Å². The quantitative estimate of drug-likeness (QED) is 0.887. The highest BCUT2D eigenvalue weighted by atomic mass is 16.1. The van der Waals surface area contributed by atoms with Crippen LogP contribution in [0.2, 0.25) is 0 Å². The number of carbonyl (C=O) groups is 1. The Bertz CT molecular complexity index is 628. The van der Waals surface area contributed by atoms with Crippen LogP contribution in [-0.4, -0.2) is 22.2 Å². The Morgan fingerprint density at radius 3 is 2.43 bits per heavy atom. The molecule has 1 aromatic heterocycles. The summed E-state index contributed by atoms with van der Waals surface area (Å²) in [6, 6.07) is 7.50. The number of aromatic nitrogens is 2. The number of rotatable bonds is 5. The third-order valence-electron chi connectivity index (χ3n) is 3.61. The molecular weight excluding hydrogens is 264 g/mol. The number of hydrogen-bond donors (Lipinski definition) is 2. The van der Waals surface area contributed by atoms with Gasteiger partial charge in [0.25, 0.3) is 5.91 Å². The van der Waals surface area contributed by atoms with Gasteiger partial charge < -0.3 is 10.6 Å². The molecule has 21 heavy (non-hydrogen) atoms. The first-order valence-electron chi connectivity index (χ1n) is 7.14. The molecule has 2 N–H and O–H groups in total. The second kappa shape index (κ2) is 6.43. The maximum Gasteiger partial charge on any atom is 0.251 e. The predicted molar refractivity (Wildman–Crippen MR) is 84.5 cm³/mol. The summed E-state index contributed by atoms with van der Waals surface area (Å²) in [4.78, 5) is 11.7. The van der Waals surface area contributed by atoms with Crippen molar-refractivity contribution in [2.45, 2.75) is 27.3 Å². The Hall–Kier alpha value is -2.30. The van der Waals surface area contributed by atoms with E-state index in [0.29, 0.717) is 12.1 Å². The van der Waals surface area contributed by atoms with Gasteiger partial charge in [0.1, 0.15) is 0 Å². The van der Waals surface area contributed by atoms with Crippen molar-refractivity contribution >= 4 is 11.6 Å². The lowest BCUT2D eigenvalue weighted by molar-refractivity contribution is 0.0956. The Balaban J connectivity index is 2.02. The second-order valence-electron chi connectivity index (χ2n) is 5.06. The molecule has 1 heterocycles. The van der Waals surface area contributed by atoms with Crippen LogP contribution in [0.1, 0.15) is 34.2 Å². The van der Waals surface area contributed by atoms with Crippen LogP contribution in [0.3, 0.4) is 0 Å². The molecule has 0 saturated carbocycles. The minimum Gasteiger partial charge on any atom is -0.381 e. The molecule has 1 amide bonds. The predicted octanol–water partition coefficient (Wildman–Crippen LogP) is 2.40. The molecule has 0 spiro atoms. The summed E-state index contributed by atoms with van der Waals surface area (Å²) < 4.78 is 1.89. The number of amides is 1. The van der Waals surface area contributed by atoms with Crippen molar-refractivity contribution in [2.75, 3.05) is 11.9 Å². The van der Waals surface area contributed by atoms with Gasteiger partial charge in [-0.1, -0.05) is 0 Å². The Labute approximate surface area is 125 Å². The highest BCUT2D eigenvalue weighted by Crippen LogP contribution is 2.15.